The van der Waals surface area contributed by atoms with Crippen molar-refractivity contribution in [1.82, 2.24) is 20.1 Å². The van der Waals surface area contributed by atoms with Crippen molar-refractivity contribution in [2.45, 2.75) is 39.4 Å². The number of amides is 2. The second-order valence-corrected chi connectivity index (χ2v) is 7.05. The van der Waals surface area contributed by atoms with Gasteiger partial charge in [-0.1, -0.05) is 0 Å². The molecule has 1 saturated heterocycles. The largest absolute Gasteiger partial charge is 0.465 e. The van der Waals surface area contributed by atoms with Crippen LogP contribution in [0.15, 0.2) is 35.0 Å². The van der Waals surface area contributed by atoms with Gasteiger partial charge in [0.1, 0.15) is 11.5 Å². The molecule has 1 N–H and O–H groups in total. The molecule has 1 aliphatic rings. The lowest BCUT2D eigenvalue weighted by Crippen LogP contribution is -2.56. The quantitative estimate of drug-likeness (QED) is 0.836. The summed E-state index contributed by atoms with van der Waals surface area (Å²) in [5.74, 6) is 1.48. The molecule has 27 heavy (non-hydrogen) atoms. The zero-order valence-electron chi connectivity index (χ0n) is 16.1. The molecule has 3 rings (SSSR count). The minimum atomic E-state index is -0.488. The van der Waals surface area contributed by atoms with E-state index >= 15 is 0 Å². The van der Waals surface area contributed by atoms with Crippen LogP contribution in [0.1, 0.15) is 29.1 Å². The van der Waals surface area contributed by atoms with E-state index in [0.717, 1.165) is 22.6 Å². The maximum absolute atomic E-state index is 12.8. The van der Waals surface area contributed by atoms with Gasteiger partial charge in [0, 0.05) is 39.1 Å². The third-order valence-electron chi connectivity index (χ3n) is 4.93. The maximum Gasteiger partial charge on any atom is 0.237 e. The number of carbonyl (C=O) groups excluding carboxylic acids is 2. The standard InChI is InChI=1S/C20H26N4O3/c1-14-11-21-7-6-16(14)12-23(3)19(25)10-18-20(26)22-8-9-24(18)13-17-5-4-15(2)27-17/h4-7,11,18H,8-10,12-13H2,1-3H3,(H,22,26). The summed E-state index contributed by atoms with van der Waals surface area (Å²) >= 11 is 0. The number of aryl methyl sites for hydroxylation is 2. The number of hydrogen-bond donors (Lipinski definition) is 1. The first-order chi connectivity index (χ1) is 12.9. The Balaban J connectivity index is 1.65. The Hall–Kier alpha value is -2.67. The van der Waals surface area contributed by atoms with Crippen molar-refractivity contribution in [3.63, 3.8) is 0 Å². The van der Waals surface area contributed by atoms with Crippen molar-refractivity contribution in [2.75, 3.05) is 20.1 Å². The molecule has 3 heterocycles. The van der Waals surface area contributed by atoms with Crippen molar-refractivity contribution in [3.05, 3.63) is 53.2 Å². The zero-order valence-corrected chi connectivity index (χ0v) is 16.1. The fourth-order valence-corrected chi connectivity index (χ4v) is 3.29. The molecule has 1 fully saturated rings. The lowest BCUT2D eigenvalue weighted by Gasteiger charge is -2.34. The fraction of sp³-hybridized carbons (Fsp3) is 0.450. The average molecular weight is 370 g/mol. The molecular formula is C20H26N4O3. The van der Waals surface area contributed by atoms with Crippen LogP contribution in [0.3, 0.4) is 0 Å². The number of nitrogens with one attached hydrogen (secondary N) is 1. The molecule has 1 atom stereocenters. The topological polar surface area (TPSA) is 78.7 Å². The maximum atomic E-state index is 12.8. The SMILES string of the molecule is Cc1ccc(CN2CCNC(=O)C2CC(=O)N(C)Cc2ccncc2C)o1. The van der Waals surface area contributed by atoms with Crippen LogP contribution in [0, 0.1) is 13.8 Å². The predicted octanol–water partition coefficient (Wildman–Crippen LogP) is 1.64. The number of carbonyl (C=O) groups is 2. The summed E-state index contributed by atoms with van der Waals surface area (Å²) in [6, 6.07) is 5.25. The van der Waals surface area contributed by atoms with Gasteiger partial charge in [-0.3, -0.25) is 19.5 Å². The third kappa shape index (κ3) is 4.74. The third-order valence-corrected chi connectivity index (χ3v) is 4.93. The van der Waals surface area contributed by atoms with Crippen LogP contribution in [0.25, 0.3) is 0 Å². The average Bonchev–Trinajstić information content (AvgIpc) is 3.04. The molecule has 2 aromatic rings. The minimum absolute atomic E-state index is 0.0612. The Kier molecular flexibility index (Phi) is 5.91. The molecule has 0 saturated carbocycles. The van der Waals surface area contributed by atoms with Gasteiger partial charge < -0.3 is 14.6 Å². The number of rotatable bonds is 6. The van der Waals surface area contributed by atoms with E-state index in [2.05, 4.69) is 10.3 Å². The first-order valence-corrected chi connectivity index (χ1v) is 9.14. The van der Waals surface area contributed by atoms with Gasteiger partial charge in [-0.25, -0.2) is 0 Å². The van der Waals surface area contributed by atoms with Crippen molar-refractivity contribution < 1.29 is 14.0 Å². The normalized spacial score (nSPS) is 17.6. The van der Waals surface area contributed by atoms with Crippen molar-refractivity contribution in [2.24, 2.45) is 0 Å². The Bertz CT molecular complexity index is 817. The molecular weight excluding hydrogens is 344 g/mol. The van der Waals surface area contributed by atoms with E-state index in [0.29, 0.717) is 26.2 Å². The van der Waals surface area contributed by atoms with Gasteiger partial charge in [0.2, 0.25) is 11.8 Å². The molecule has 0 spiro atoms. The van der Waals surface area contributed by atoms with Crippen LogP contribution in [0.5, 0.6) is 0 Å². The van der Waals surface area contributed by atoms with Gasteiger partial charge in [-0.2, -0.15) is 0 Å². The zero-order chi connectivity index (χ0) is 19.4. The first-order valence-electron chi connectivity index (χ1n) is 9.14. The van der Waals surface area contributed by atoms with E-state index in [4.69, 9.17) is 4.42 Å². The monoisotopic (exact) mass is 370 g/mol. The van der Waals surface area contributed by atoms with Gasteiger partial charge >= 0.3 is 0 Å². The first kappa shape index (κ1) is 19.1. The molecule has 7 heteroatoms. The van der Waals surface area contributed by atoms with Crippen LogP contribution in [-0.2, 0) is 22.7 Å². The molecule has 1 aliphatic heterocycles. The van der Waals surface area contributed by atoms with E-state index in [9.17, 15) is 9.59 Å². The Morgan fingerprint density at radius 2 is 2.19 bits per heavy atom. The number of aromatic nitrogens is 1. The van der Waals surface area contributed by atoms with Crippen LogP contribution in [0.2, 0.25) is 0 Å². The van der Waals surface area contributed by atoms with E-state index in [1.54, 1.807) is 24.3 Å². The van der Waals surface area contributed by atoms with Crippen molar-refractivity contribution in [3.8, 4) is 0 Å². The highest BCUT2D eigenvalue weighted by Crippen LogP contribution is 2.17. The summed E-state index contributed by atoms with van der Waals surface area (Å²) in [4.78, 5) is 32.9. The fourth-order valence-electron chi connectivity index (χ4n) is 3.29. The highest BCUT2D eigenvalue weighted by molar-refractivity contribution is 5.88. The highest BCUT2D eigenvalue weighted by Gasteiger charge is 2.33. The van der Waals surface area contributed by atoms with Crippen molar-refractivity contribution in [1.29, 1.82) is 0 Å². The minimum Gasteiger partial charge on any atom is -0.465 e. The molecule has 0 bridgehead atoms. The van der Waals surface area contributed by atoms with E-state index in [1.165, 1.54) is 0 Å². The number of furan rings is 1. The number of nitrogens with zero attached hydrogens (tertiary/aromatic N) is 3. The van der Waals surface area contributed by atoms with Crippen molar-refractivity contribution >= 4 is 11.8 Å². The summed E-state index contributed by atoms with van der Waals surface area (Å²) < 4.78 is 5.64. The molecule has 0 aromatic carbocycles. The van der Waals surface area contributed by atoms with Crippen LogP contribution >= 0.6 is 0 Å². The molecule has 2 amide bonds. The Morgan fingerprint density at radius 3 is 2.89 bits per heavy atom. The molecule has 2 aromatic heterocycles. The summed E-state index contributed by atoms with van der Waals surface area (Å²) in [5.41, 5.74) is 2.10. The van der Waals surface area contributed by atoms with Crippen LogP contribution in [0.4, 0.5) is 0 Å². The van der Waals surface area contributed by atoms with Gasteiger partial charge in [-0.15, -0.1) is 0 Å². The van der Waals surface area contributed by atoms with Crippen LogP contribution in [-0.4, -0.2) is 52.8 Å². The molecule has 7 nitrogen and oxygen atoms in total. The van der Waals surface area contributed by atoms with E-state index < -0.39 is 6.04 Å². The number of pyridine rings is 1. The van der Waals surface area contributed by atoms with Gasteiger partial charge in [0.25, 0.3) is 0 Å². The molecule has 0 radical (unpaired) electrons. The second-order valence-electron chi connectivity index (χ2n) is 7.05. The summed E-state index contributed by atoms with van der Waals surface area (Å²) in [5, 5.41) is 2.87. The van der Waals surface area contributed by atoms with Gasteiger partial charge in [0.15, 0.2) is 0 Å². The molecule has 1 unspecified atom stereocenters. The summed E-state index contributed by atoms with van der Waals surface area (Å²) in [6.07, 6.45) is 3.66. The van der Waals surface area contributed by atoms with E-state index in [1.807, 2.05) is 36.9 Å². The highest BCUT2D eigenvalue weighted by atomic mass is 16.3. The molecule has 144 valence electrons. The summed E-state index contributed by atoms with van der Waals surface area (Å²) in [6.45, 7) is 6.16. The van der Waals surface area contributed by atoms with Crippen LogP contribution < -0.4 is 5.32 Å². The number of piperazine rings is 1. The predicted molar refractivity (Wildman–Crippen MR) is 101 cm³/mol. The van der Waals surface area contributed by atoms with E-state index in [-0.39, 0.29) is 18.2 Å². The Morgan fingerprint density at radius 1 is 1.37 bits per heavy atom. The summed E-state index contributed by atoms with van der Waals surface area (Å²) in [7, 11) is 1.77. The molecule has 0 aliphatic carbocycles. The lowest BCUT2D eigenvalue weighted by atomic mass is 10.1. The van der Waals surface area contributed by atoms with Gasteiger partial charge in [-0.05, 0) is 43.2 Å². The smallest absolute Gasteiger partial charge is 0.237 e. The number of hydrogen-bond acceptors (Lipinski definition) is 5. The lowest BCUT2D eigenvalue weighted by molar-refractivity contribution is -0.138. The Labute approximate surface area is 159 Å². The van der Waals surface area contributed by atoms with Gasteiger partial charge in [0.05, 0.1) is 19.0 Å². The second kappa shape index (κ2) is 8.35.